The molecule has 0 aliphatic carbocycles. The molecule has 3 aromatic rings. The number of carbonyl (C=O) groups excluding carboxylic acids is 2. The van der Waals surface area contributed by atoms with Crippen molar-refractivity contribution >= 4 is 39.0 Å². The van der Waals surface area contributed by atoms with Crippen LogP contribution in [0.2, 0.25) is 0 Å². The lowest BCUT2D eigenvalue weighted by Gasteiger charge is -2.36. The maximum atomic E-state index is 12.6. The van der Waals surface area contributed by atoms with Gasteiger partial charge in [0.2, 0.25) is 10.0 Å². The molecule has 1 N–H and O–H groups in total. The van der Waals surface area contributed by atoms with Gasteiger partial charge >= 0.3 is 0 Å². The van der Waals surface area contributed by atoms with E-state index in [4.69, 9.17) is 0 Å². The van der Waals surface area contributed by atoms with Crippen molar-refractivity contribution < 1.29 is 18.0 Å². The van der Waals surface area contributed by atoms with Gasteiger partial charge in [-0.1, -0.05) is 30.3 Å². The summed E-state index contributed by atoms with van der Waals surface area (Å²) in [7, 11) is -3.79. The first-order valence-corrected chi connectivity index (χ1v) is 13.0. The van der Waals surface area contributed by atoms with Crippen LogP contribution in [0.25, 0.3) is 0 Å². The number of anilines is 3. The smallest absolute Gasteiger partial charge is 0.261 e. The number of rotatable bonds is 7. The molecule has 1 saturated heterocycles. The van der Waals surface area contributed by atoms with Crippen molar-refractivity contribution in [3.8, 4) is 0 Å². The van der Waals surface area contributed by atoms with E-state index in [1.165, 1.54) is 11.9 Å². The number of nitrogens with zero attached hydrogens (tertiary/aromatic N) is 4. The van der Waals surface area contributed by atoms with Gasteiger partial charge in [0, 0.05) is 38.4 Å². The maximum Gasteiger partial charge on any atom is 0.261 e. The highest BCUT2D eigenvalue weighted by molar-refractivity contribution is 7.92. The average Bonchev–Trinajstić information content (AvgIpc) is 3.13. The number of hydrogen-bond donors (Lipinski definition) is 1. The third-order valence-corrected chi connectivity index (χ3v) is 7.47. The van der Waals surface area contributed by atoms with Crippen LogP contribution >= 0.6 is 0 Å². The van der Waals surface area contributed by atoms with Crippen molar-refractivity contribution in [1.82, 2.24) is 9.88 Å². The first-order valence-electron chi connectivity index (χ1n) is 11.4. The zero-order valence-corrected chi connectivity index (χ0v) is 19.8. The third-order valence-electron chi connectivity index (χ3n) is 6.21. The summed E-state index contributed by atoms with van der Waals surface area (Å²) < 4.78 is 27.7. The van der Waals surface area contributed by atoms with Crippen LogP contribution in [-0.4, -0.2) is 68.6 Å². The molecule has 10 heteroatoms. The number of benzene rings is 2. The van der Waals surface area contributed by atoms with Crippen molar-refractivity contribution in [2.45, 2.75) is 0 Å². The first-order chi connectivity index (χ1) is 16.9. The van der Waals surface area contributed by atoms with E-state index in [9.17, 15) is 18.0 Å². The molecule has 2 aliphatic heterocycles. The molecule has 1 fully saturated rings. The molecule has 180 valence electrons. The molecule has 2 aromatic carbocycles. The number of para-hydroxylation sites is 1. The van der Waals surface area contributed by atoms with Gasteiger partial charge in [-0.25, -0.2) is 13.4 Å². The molecule has 1 aromatic heterocycles. The Morgan fingerprint density at radius 1 is 0.771 bits per heavy atom. The fourth-order valence-corrected chi connectivity index (χ4v) is 5.36. The predicted molar refractivity (Wildman–Crippen MR) is 134 cm³/mol. The fourth-order valence-electron chi connectivity index (χ4n) is 4.35. The molecule has 0 unspecified atom stereocenters. The number of amides is 2. The fraction of sp³-hybridized carbons (Fsp3) is 0.240. The highest BCUT2D eigenvalue weighted by Crippen LogP contribution is 2.23. The van der Waals surface area contributed by atoms with E-state index in [2.05, 4.69) is 31.6 Å². The maximum absolute atomic E-state index is 12.6. The van der Waals surface area contributed by atoms with Crippen LogP contribution in [0.15, 0.2) is 72.9 Å². The standard InChI is InChI=1S/C25H25N5O4S/c31-24-21-8-4-5-9-22(21)25(32)30(24)16-17-35(33,34)27-19-10-11-23(26-18-19)29-14-12-28(13-15-29)20-6-2-1-3-7-20/h1-11,18,27H,12-17H2. The van der Waals surface area contributed by atoms with E-state index in [0.717, 1.165) is 36.9 Å². The lowest BCUT2D eigenvalue weighted by molar-refractivity contribution is 0.0664. The Hall–Kier alpha value is -3.92. The number of carbonyl (C=O) groups is 2. The summed E-state index contributed by atoms with van der Waals surface area (Å²) in [5.41, 5.74) is 2.13. The van der Waals surface area contributed by atoms with E-state index >= 15 is 0 Å². The number of piperazine rings is 1. The summed E-state index contributed by atoms with van der Waals surface area (Å²) in [5, 5.41) is 0. The highest BCUT2D eigenvalue weighted by Gasteiger charge is 2.35. The van der Waals surface area contributed by atoms with E-state index < -0.39 is 27.6 Å². The highest BCUT2D eigenvalue weighted by atomic mass is 32.2. The second-order valence-electron chi connectivity index (χ2n) is 8.44. The Bertz CT molecular complexity index is 1300. The number of aromatic nitrogens is 1. The van der Waals surface area contributed by atoms with E-state index in [1.54, 1.807) is 36.4 Å². The van der Waals surface area contributed by atoms with Gasteiger partial charge in [-0.05, 0) is 36.4 Å². The van der Waals surface area contributed by atoms with Gasteiger partial charge < -0.3 is 9.80 Å². The minimum atomic E-state index is -3.79. The van der Waals surface area contributed by atoms with Crippen LogP contribution in [0.5, 0.6) is 0 Å². The number of sulfonamides is 1. The van der Waals surface area contributed by atoms with Crippen LogP contribution in [0.4, 0.5) is 17.2 Å². The third kappa shape index (κ3) is 4.83. The normalized spacial score (nSPS) is 15.9. The summed E-state index contributed by atoms with van der Waals surface area (Å²) in [5.74, 6) is -0.563. The van der Waals surface area contributed by atoms with Gasteiger partial charge in [-0.3, -0.25) is 19.2 Å². The molecule has 2 aliphatic rings. The molecular weight excluding hydrogens is 466 g/mol. The Balaban J connectivity index is 1.15. The summed E-state index contributed by atoms with van der Waals surface area (Å²) in [6.45, 7) is 3.15. The van der Waals surface area contributed by atoms with Gasteiger partial charge in [0.05, 0.1) is 28.8 Å². The second kappa shape index (κ2) is 9.38. The molecule has 0 saturated carbocycles. The van der Waals surface area contributed by atoms with Gasteiger partial charge in [0.1, 0.15) is 5.82 Å². The van der Waals surface area contributed by atoms with Gasteiger partial charge in [0.15, 0.2) is 0 Å². The van der Waals surface area contributed by atoms with Crippen molar-refractivity contribution in [3.05, 3.63) is 84.1 Å². The van der Waals surface area contributed by atoms with Crippen LogP contribution in [0, 0.1) is 0 Å². The minimum Gasteiger partial charge on any atom is -0.368 e. The number of nitrogens with one attached hydrogen (secondary N) is 1. The lowest BCUT2D eigenvalue weighted by atomic mass is 10.1. The Morgan fingerprint density at radius 2 is 1.37 bits per heavy atom. The largest absolute Gasteiger partial charge is 0.368 e. The number of fused-ring (bicyclic) bond motifs is 1. The Morgan fingerprint density at radius 3 is 1.97 bits per heavy atom. The molecule has 0 atom stereocenters. The molecular formula is C25H25N5O4S. The molecule has 5 rings (SSSR count). The zero-order chi connectivity index (χ0) is 24.4. The van der Waals surface area contributed by atoms with Crippen LogP contribution in [-0.2, 0) is 10.0 Å². The van der Waals surface area contributed by atoms with Crippen LogP contribution < -0.4 is 14.5 Å². The Kier molecular flexibility index (Phi) is 6.12. The Labute approximate surface area is 204 Å². The predicted octanol–water partition coefficient (Wildman–Crippen LogP) is 2.45. The van der Waals surface area contributed by atoms with Gasteiger partial charge in [-0.15, -0.1) is 0 Å². The molecule has 9 nitrogen and oxygen atoms in total. The van der Waals surface area contributed by atoms with E-state index in [-0.39, 0.29) is 6.54 Å². The quantitative estimate of drug-likeness (QED) is 0.507. The lowest BCUT2D eigenvalue weighted by Crippen LogP contribution is -2.46. The van der Waals surface area contributed by atoms with Crippen LogP contribution in [0.3, 0.4) is 0 Å². The summed E-state index contributed by atoms with van der Waals surface area (Å²) in [6, 6.07) is 20.2. The van der Waals surface area contributed by atoms with Gasteiger partial charge in [-0.2, -0.15) is 0 Å². The summed E-state index contributed by atoms with van der Waals surface area (Å²) in [6.07, 6.45) is 1.48. The van der Waals surface area contributed by atoms with Gasteiger partial charge in [0.25, 0.3) is 11.8 Å². The SMILES string of the molecule is O=C1c2ccccc2C(=O)N1CCS(=O)(=O)Nc1ccc(N2CCN(c3ccccc3)CC2)nc1. The molecule has 3 heterocycles. The summed E-state index contributed by atoms with van der Waals surface area (Å²) >= 11 is 0. The molecule has 2 amide bonds. The van der Waals surface area contributed by atoms with Crippen molar-refractivity contribution in [2.24, 2.45) is 0 Å². The molecule has 0 spiro atoms. The second-order valence-corrected chi connectivity index (χ2v) is 10.3. The monoisotopic (exact) mass is 491 g/mol. The molecule has 0 bridgehead atoms. The van der Waals surface area contributed by atoms with Crippen molar-refractivity contribution in [2.75, 3.05) is 53.0 Å². The number of hydrogen-bond acceptors (Lipinski definition) is 7. The first kappa shape index (κ1) is 22.9. The van der Waals surface area contributed by atoms with Crippen molar-refractivity contribution in [3.63, 3.8) is 0 Å². The molecule has 0 radical (unpaired) electrons. The number of pyridine rings is 1. The van der Waals surface area contributed by atoms with Crippen molar-refractivity contribution in [1.29, 1.82) is 0 Å². The average molecular weight is 492 g/mol. The van der Waals surface area contributed by atoms with Crippen LogP contribution in [0.1, 0.15) is 20.7 Å². The zero-order valence-electron chi connectivity index (χ0n) is 19.0. The number of imide groups is 1. The molecule has 35 heavy (non-hydrogen) atoms. The topological polar surface area (TPSA) is 103 Å². The van der Waals surface area contributed by atoms with E-state index in [1.807, 2.05) is 18.2 Å². The minimum absolute atomic E-state index is 0.223. The van der Waals surface area contributed by atoms with E-state index in [0.29, 0.717) is 16.8 Å². The summed E-state index contributed by atoms with van der Waals surface area (Å²) in [4.78, 5) is 34.8.